The van der Waals surface area contributed by atoms with Gasteiger partial charge in [0.1, 0.15) is 6.10 Å². The second-order valence-corrected chi connectivity index (χ2v) is 8.97. The summed E-state index contributed by atoms with van der Waals surface area (Å²) in [5, 5.41) is 6.67. The number of halogens is 1. The highest BCUT2D eigenvalue weighted by atomic mass is 127. The van der Waals surface area contributed by atoms with Gasteiger partial charge in [-0.1, -0.05) is 20.8 Å². The SMILES string of the molecule is CN=C(NCc1csc(C(C)(C)C)n1)N1CCN(C(=O)C2CCCO2)CC1.I. The van der Waals surface area contributed by atoms with Gasteiger partial charge in [0.05, 0.1) is 17.2 Å². The van der Waals surface area contributed by atoms with Crippen LogP contribution in [0.15, 0.2) is 10.4 Å². The normalized spacial score (nSPS) is 20.9. The first-order chi connectivity index (χ1) is 12.9. The van der Waals surface area contributed by atoms with Crippen LogP contribution in [0.25, 0.3) is 0 Å². The molecule has 0 bridgehead atoms. The number of carbonyl (C=O) groups is 1. The molecule has 1 N–H and O–H groups in total. The molecule has 1 atom stereocenters. The number of guanidine groups is 1. The maximum atomic E-state index is 12.5. The average molecular weight is 521 g/mol. The molecule has 1 aromatic heterocycles. The van der Waals surface area contributed by atoms with E-state index in [1.807, 2.05) is 4.90 Å². The van der Waals surface area contributed by atoms with Crippen LogP contribution in [0, 0.1) is 0 Å². The number of aliphatic imine (C=N–C) groups is 1. The third-order valence-corrected chi connectivity index (χ3v) is 6.25. The third-order valence-electron chi connectivity index (χ3n) is 4.93. The summed E-state index contributed by atoms with van der Waals surface area (Å²) in [5.74, 6) is 1.01. The molecule has 0 spiro atoms. The van der Waals surface area contributed by atoms with Gasteiger partial charge in [-0.15, -0.1) is 35.3 Å². The number of carbonyl (C=O) groups excluding carboxylic acids is 1. The van der Waals surface area contributed by atoms with Crippen LogP contribution < -0.4 is 5.32 Å². The molecule has 0 aromatic carbocycles. The Balaban J connectivity index is 0.00000280. The minimum atomic E-state index is -0.226. The van der Waals surface area contributed by atoms with E-state index in [1.54, 1.807) is 18.4 Å². The third kappa shape index (κ3) is 5.79. The fourth-order valence-corrected chi connectivity index (χ4v) is 4.26. The molecule has 2 aliphatic heterocycles. The Labute approximate surface area is 189 Å². The van der Waals surface area contributed by atoms with Crippen molar-refractivity contribution in [3.8, 4) is 0 Å². The van der Waals surface area contributed by atoms with Crippen LogP contribution in [0.4, 0.5) is 0 Å². The summed E-state index contributed by atoms with van der Waals surface area (Å²) in [5.41, 5.74) is 1.12. The molecule has 3 rings (SSSR count). The first kappa shape index (κ1) is 23.3. The quantitative estimate of drug-likeness (QED) is 0.376. The Hall–Kier alpha value is -0.940. The lowest BCUT2D eigenvalue weighted by Crippen LogP contribution is -2.55. The molecule has 1 unspecified atom stereocenters. The van der Waals surface area contributed by atoms with Crippen LogP contribution in [0.2, 0.25) is 0 Å². The highest BCUT2D eigenvalue weighted by Gasteiger charge is 2.31. The van der Waals surface area contributed by atoms with Crippen molar-refractivity contribution >= 4 is 47.2 Å². The van der Waals surface area contributed by atoms with Crippen LogP contribution >= 0.6 is 35.3 Å². The number of nitrogens with zero attached hydrogens (tertiary/aromatic N) is 4. The Bertz CT molecular complexity index is 674. The summed E-state index contributed by atoms with van der Waals surface area (Å²) in [7, 11) is 1.80. The Morgan fingerprint density at radius 2 is 2.00 bits per heavy atom. The van der Waals surface area contributed by atoms with E-state index in [1.165, 1.54) is 0 Å². The molecule has 158 valence electrons. The molecule has 28 heavy (non-hydrogen) atoms. The molecule has 0 aliphatic carbocycles. The van der Waals surface area contributed by atoms with Crippen LogP contribution in [-0.4, -0.2) is 72.6 Å². The summed E-state index contributed by atoms with van der Waals surface area (Å²) in [6.07, 6.45) is 1.61. The summed E-state index contributed by atoms with van der Waals surface area (Å²) < 4.78 is 5.53. The standard InChI is InChI=1S/C19H31N5O2S.HI/c1-19(2,3)17-22-14(13-27-17)12-21-18(20-4)24-9-7-23(8-10-24)16(25)15-6-5-11-26-15;/h13,15H,5-12H2,1-4H3,(H,20,21);1H. The number of thiazole rings is 1. The van der Waals surface area contributed by atoms with Crippen LogP contribution in [-0.2, 0) is 21.5 Å². The molecular formula is C19H32IN5O2S. The molecule has 9 heteroatoms. The predicted octanol–water partition coefficient (Wildman–Crippen LogP) is 2.46. The van der Waals surface area contributed by atoms with Gasteiger partial charge in [-0.25, -0.2) is 4.98 Å². The summed E-state index contributed by atoms with van der Waals surface area (Å²) in [6.45, 7) is 10.9. The second kappa shape index (κ2) is 10.2. The van der Waals surface area contributed by atoms with E-state index < -0.39 is 0 Å². The molecule has 2 saturated heterocycles. The summed E-state index contributed by atoms with van der Waals surface area (Å²) >= 11 is 1.71. The number of hydrogen-bond acceptors (Lipinski definition) is 5. The minimum Gasteiger partial charge on any atom is -0.368 e. The van der Waals surface area contributed by atoms with Crippen molar-refractivity contribution in [1.82, 2.24) is 20.1 Å². The van der Waals surface area contributed by atoms with E-state index in [0.717, 1.165) is 42.6 Å². The fraction of sp³-hybridized carbons (Fsp3) is 0.737. The summed E-state index contributed by atoms with van der Waals surface area (Å²) in [6, 6.07) is 0. The van der Waals surface area contributed by atoms with E-state index in [-0.39, 0.29) is 41.4 Å². The van der Waals surface area contributed by atoms with E-state index in [2.05, 4.69) is 41.4 Å². The molecule has 0 radical (unpaired) electrons. The maximum absolute atomic E-state index is 12.5. The zero-order chi connectivity index (χ0) is 19.4. The van der Waals surface area contributed by atoms with Gasteiger partial charge < -0.3 is 19.9 Å². The first-order valence-electron chi connectivity index (χ1n) is 9.69. The van der Waals surface area contributed by atoms with Crippen LogP contribution in [0.1, 0.15) is 44.3 Å². The van der Waals surface area contributed by atoms with Crippen molar-refractivity contribution in [3.05, 3.63) is 16.1 Å². The smallest absolute Gasteiger partial charge is 0.251 e. The second-order valence-electron chi connectivity index (χ2n) is 8.11. The predicted molar refractivity (Wildman–Crippen MR) is 124 cm³/mol. The van der Waals surface area contributed by atoms with Gasteiger partial charge in [0, 0.05) is 50.6 Å². The molecule has 2 fully saturated rings. The van der Waals surface area contributed by atoms with E-state index in [4.69, 9.17) is 9.72 Å². The van der Waals surface area contributed by atoms with Crippen LogP contribution in [0.3, 0.4) is 0 Å². The van der Waals surface area contributed by atoms with Gasteiger partial charge in [0.25, 0.3) is 5.91 Å². The van der Waals surface area contributed by atoms with E-state index in [9.17, 15) is 4.79 Å². The van der Waals surface area contributed by atoms with Crippen molar-refractivity contribution in [2.24, 2.45) is 4.99 Å². The number of nitrogens with one attached hydrogen (secondary N) is 1. The van der Waals surface area contributed by atoms with Gasteiger partial charge in [-0.2, -0.15) is 0 Å². The monoisotopic (exact) mass is 521 g/mol. The maximum Gasteiger partial charge on any atom is 0.251 e. The largest absolute Gasteiger partial charge is 0.368 e. The van der Waals surface area contributed by atoms with E-state index >= 15 is 0 Å². The van der Waals surface area contributed by atoms with Crippen molar-refractivity contribution in [3.63, 3.8) is 0 Å². The van der Waals surface area contributed by atoms with E-state index in [0.29, 0.717) is 26.2 Å². The number of ether oxygens (including phenoxy) is 1. The number of amides is 1. The highest BCUT2D eigenvalue weighted by molar-refractivity contribution is 14.0. The zero-order valence-electron chi connectivity index (χ0n) is 17.2. The average Bonchev–Trinajstić information content (AvgIpc) is 3.34. The van der Waals surface area contributed by atoms with Gasteiger partial charge in [-0.3, -0.25) is 9.79 Å². The lowest BCUT2D eigenvalue weighted by atomic mass is 9.98. The Kier molecular flexibility index (Phi) is 8.50. The number of rotatable bonds is 3. The Morgan fingerprint density at radius 3 is 2.54 bits per heavy atom. The van der Waals surface area contributed by atoms with Crippen molar-refractivity contribution in [2.45, 2.75) is 51.7 Å². The molecular weight excluding hydrogens is 489 g/mol. The van der Waals surface area contributed by atoms with Crippen molar-refractivity contribution in [2.75, 3.05) is 39.8 Å². The number of piperazine rings is 1. The van der Waals surface area contributed by atoms with Crippen molar-refractivity contribution in [1.29, 1.82) is 0 Å². The topological polar surface area (TPSA) is 70.1 Å². The lowest BCUT2D eigenvalue weighted by molar-refractivity contribution is -0.142. The zero-order valence-corrected chi connectivity index (χ0v) is 20.4. The van der Waals surface area contributed by atoms with Crippen LogP contribution in [0.5, 0.6) is 0 Å². The summed E-state index contributed by atoms with van der Waals surface area (Å²) in [4.78, 5) is 25.7. The molecule has 7 nitrogen and oxygen atoms in total. The van der Waals surface area contributed by atoms with Gasteiger partial charge in [-0.05, 0) is 12.8 Å². The lowest BCUT2D eigenvalue weighted by Gasteiger charge is -2.37. The minimum absolute atomic E-state index is 0. The molecule has 1 amide bonds. The molecule has 2 aliphatic rings. The Morgan fingerprint density at radius 1 is 1.32 bits per heavy atom. The van der Waals surface area contributed by atoms with Gasteiger partial charge in [0.2, 0.25) is 0 Å². The van der Waals surface area contributed by atoms with Gasteiger partial charge >= 0.3 is 0 Å². The molecule has 3 heterocycles. The number of aromatic nitrogens is 1. The molecule has 0 saturated carbocycles. The molecule has 1 aromatic rings. The first-order valence-corrected chi connectivity index (χ1v) is 10.6. The highest BCUT2D eigenvalue weighted by Crippen LogP contribution is 2.25. The van der Waals surface area contributed by atoms with Gasteiger partial charge in [0.15, 0.2) is 5.96 Å². The van der Waals surface area contributed by atoms with Crippen molar-refractivity contribution < 1.29 is 9.53 Å². The fourth-order valence-electron chi connectivity index (χ4n) is 3.35. The number of hydrogen-bond donors (Lipinski definition) is 1.